The van der Waals surface area contributed by atoms with Gasteiger partial charge in [-0.15, -0.1) is 5.10 Å². The van der Waals surface area contributed by atoms with Crippen LogP contribution in [0.2, 0.25) is 5.02 Å². The first-order valence-corrected chi connectivity index (χ1v) is 9.58. The number of carbonyl (C=O) groups is 1. The molecule has 0 aliphatic carbocycles. The minimum absolute atomic E-state index is 0.171. The maximum atomic E-state index is 12.5. The van der Waals surface area contributed by atoms with Crippen LogP contribution in [0.15, 0.2) is 53.7 Å². The molecule has 0 radical (unpaired) electrons. The largest absolute Gasteiger partial charge is 0.492 e. The van der Waals surface area contributed by atoms with Crippen LogP contribution in [0.3, 0.4) is 0 Å². The molecule has 0 saturated heterocycles. The highest BCUT2D eigenvalue weighted by atomic mass is 35.5. The van der Waals surface area contributed by atoms with Gasteiger partial charge in [-0.25, -0.2) is 0 Å². The van der Waals surface area contributed by atoms with E-state index in [1.165, 1.54) is 11.8 Å². The fourth-order valence-electron chi connectivity index (χ4n) is 2.34. The summed E-state index contributed by atoms with van der Waals surface area (Å²) >= 11 is 7.21. The first-order chi connectivity index (χ1) is 13.1. The number of anilines is 1. The van der Waals surface area contributed by atoms with Gasteiger partial charge in [0.1, 0.15) is 11.4 Å². The third kappa shape index (κ3) is 4.78. The molecule has 1 atom stereocenters. The molecule has 3 aromatic rings. The minimum atomic E-state index is -0.423. The quantitative estimate of drug-likeness (QED) is 0.603. The number of nitrogens with one attached hydrogen (secondary N) is 1. The highest BCUT2D eigenvalue weighted by Gasteiger charge is 2.20. The third-order valence-electron chi connectivity index (χ3n) is 3.58. The third-order valence-corrected chi connectivity index (χ3v) is 4.85. The standard InChI is InChI=1S/C18H18ClN5O2S/c1-3-26-16-10-5-4-9-15(16)24-18(21-22-23-24)27-12(2)17(25)20-14-8-6-7-13(19)11-14/h4-12H,3H2,1-2H3,(H,20,25)/t12-/m0/s1. The number of hydrogen-bond donors (Lipinski definition) is 1. The average Bonchev–Trinajstić information content (AvgIpc) is 3.10. The highest BCUT2D eigenvalue weighted by Crippen LogP contribution is 2.28. The second-order valence-corrected chi connectivity index (χ2v) is 7.28. The first-order valence-electron chi connectivity index (χ1n) is 8.32. The fourth-order valence-corrected chi connectivity index (χ4v) is 3.33. The Labute approximate surface area is 166 Å². The predicted octanol–water partition coefficient (Wildman–Crippen LogP) is 3.83. The van der Waals surface area contributed by atoms with Crippen LogP contribution >= 0.6 is 23.4 Å². The van der Waals surface area contributed by atoms with E-state index in [0.29, 0.717) is 33.9 Å². The normalized spacial score (nSPS) is 11.8. The van der Waals surface area contributed by atoms with Gasteiger partial charge < -0.3 is 10.1 Å². The number of ether oxygens (including phenoxy) is 1. The molecule has 7 nitrogen and oxygen atoms in total. The maximum Gasteiger partial charge on any atom is 0.237 e. The number of halogens is 1. The van der Waals surface area contributed by atoms with Crippen LogP contribution in [0.5, 0.6) is 5.75 Å². The first kappa shape index (κ1) is 19.2. The van der Waals surface area contributed by atoms with Gasteiger partial charge in [0, 0.05) is 10.7 Å². The molecule has 1 aromatic heterocycles. The lowest BCUT2D eigenvalue weighted by Gasteiger charge is -2.13. The number of tetrazole rings is 1. The Bertz CT molecular complexity index is 933. The summed E-state index contributed by atoms with van der Waals surface area (Å²) in [5.74, 6) is 0.500. The van der Waals surface area contributed by atoms with Crippen molar-refractivity contribution in [1.82, 2.24) is 20.2 Å². The van der Waals surface area contributed by atoms with E-state index >= 15 is 0 Å². The molecule has 0 saturated carbocycles. The van der Waals surface area contributed by atoms with Crippen LogP contribution in [0.25, 0.3) is 5.69 Å². The second kappa shape index (κ2) is 8.88. The number of aromatic nitrogens is 4. The molecular formula is C18H18ClN5O2S. The van der Waals surface area contributed by atoms with E-state index in [2.05, 4.69) is 20.8 Å². The van der Waals surface area contributed by atoms with Crippen LogP contribution in [0, 0.1) is 0 Å². The SMILES string of the molecule is CCOc1ccccc1-n1nnnc1S[C@@H](C)C(=O)Nc1cccc(Cl)c1. The van der Waals surface area contributed by atoms with E-state index < -0.39 is 5.25 Å². The zero-order valence-electron chi connectivity index (χ0n) is 14.8. The van der Waals surface area contributed by atoms with Gasteiger partial charge in [0.05, 0.1) is 11.9 Å². The van der Waals surface area contributed by atoms with Crippen molar-refractivity contribution in [3.05, 3.63) is 53.6 Å². The van der Waals surface area contributed by atoms with Gasteiger partial charge in [-0.05, 0) is 54.6 Å². The number of nitrogens with zero attached hydrogens (tertiary/aromatic N) is 4. The summed E-state index contributed by atoms with van der Waals surface area (Å²) in [5, 5.41) is 15.3. The summed E-state index contributed by atoms with van der Waals surface area (Å²) in [6.45, 7) is 4.23. The van der Waals surface area contributed by atoms with E-state index in [0.717, 1.165) is 0 Å². The molecule has 0 aliphatic rings. The van der Waals surface area contributed by atoms with E-state index in [-0.39, 0.29) is 5.91 Å². The minimum Gasteiger partial charge on any atom is -0.492 e. The number of thioether (sulfide) groups is 1. The summed E-state index contributed by atoms with van der Waals surface area (Å²) in [7, 11) is 0. The average molecular weight is 404 g/mol. The van der Waals surface area contributed by atoms with Crippen molar-refractivity contribution < 1.29 is 9.53 Å². The Morgan fingerprint density at radius 1 is 1.30 bits per heavy atom. The number of carbonyl (C=O) groups excluding carboxylic acids is 1. The number of hydrogen-bond acceptors (Lipinski definition) is 6. The molecule has 1 amide bonds. The van der Waals surface area contributed by atoms with Crippen molar-refractivity contribution in [2.75, 3.05) is 11.9 Å². The van der Waals surface area contributed by atoms with Gasteiger partial charge in [-0.3, -0.25) is 4.79 Å². The second-order valence-electron chi connectivity index (χ2n) is 5.53. The van der Waals surface area contributed by atoms with E-state index in [1.54, 1.807) is 35.9 Å². The van der Waals surface area contributed by atoms with Crippen LogP contribution in [-0.2, 0) is 4.79 Å². The van der Waals surface area contributed by atoms with Gasteiger partial charge in [0.2, 0.25) is 11.1 Å². The smallest absolute Gasteiger partial charge is 0.237 e. The van der Waals surface area contributed by atoms with E-state index in [4.69, 9.17) is 16.3 Å². The zero-order chi connectivity index (χ0) is 19.2. The van der Waals surface area contributed by atoms with Gasteiger partial charge in [-0.1, -0.05) is 41.6 Å². The Kier molecular flexibility index (Phi) is 6.31. The summed E-state index contributed by atoms with van der Waals surface area (Å²) in [6, 6.07) is 14.5. The molecule has 27 heavy (non-hydrogen) atoms. The van der Waals surface area contributed by atoms with E-state index in [1.807, 2.05) is 31.2 Å². The summed E-state index contributed by atoms with van der Waals surface area (Å²) in [6.07, 6.45) is 0. The van der Waals surface area contributed by atoms with Crippen molar-refractivity contribution in [2.24, 2.45) is 0 Å². The molecule has 1 N–H and O–H groups in total. The molecule has 0 fully saturated rings. The molecular weight excluding hydrogens is 386 g/mol. The van der Waals surface area contributed by atoms with Crippen molar-refractivity contribution in [1.29, 1.82) is 0 Å². The molecule has 1 heterocycles. The topological polar surface area (TPSA) is 81.9 Å². The Morgan fingerprint density at radius 2 is 2.11 bits per heavy atom. The van der Waals surface area contributed by atoms with Crippen LogP contribution in [0.1, 0.15) is 13.8 Å². The van der Waals surface area contributed by atoms with Crippen LogP contribution < -0.4 is 10.1 Å². The van der Waals surface area contributed by atoms with Crippen LogP contribution in [0.4, 0.5) is 5.69 Å². The number of para-hydroxylation sites is 2. The molecule has 0 aliphatic heterocycles. The highest BCUT2D eigenvalue weighted by molar-refractivity contribution is 8.00. The maximum absolute atomic E-state index is 12.5. The monoisotopic (exact) mass is 403 g/mol. The molecule has 9 heteroatoms. The van der Waals surface area contributed by atoms with Crippen molar-refractivity contribution in [2.45, 2.75) is 24.3 Å². The lowest BCUT2D eigenvalue weighted by Crippen LogP contribution is -2.23. The van der Waals surface area contributed by atoms with Gasteiger partial charge >= 0.3 is 0 Å². The van der Waals surface area contributed by atoms with Crippen molar-refractivity contribution >= 4 is 35.0 Å². The lowest BCUT2D eigenvalue weighted by molar-refractivity contribution is -0.115. The summed E-state index contributed by atoms with van der Waals surface area (Å²) in [4.78, 5) is 12.5. The van der Waals surface area contributed by atoms with Crippen molar-refractivity contribution in [3.63, 3.8) is 0 Å². The molecule has 0 spiro atoms. The molecule has 2 aromatic carbocycles. The van der Waals surface area contributed by atoms with E-state index in [9.17, 15) is 4.79 Å². The fraction of sp³-hybridized carbons (Fsp3) is 0.222. The number of rotatable bonds is 7. The summed E-state index contributed by atoms with van der Waals surface area (Å²) < 4.78 is 7.21. The zero-order valence-corrected chi connectivity index (χ0v) is 16.4. The molecule has 0 bridgehead atoms. The summed E-state index contributed by atoms with van der Waals surface area (Å²) in [5.41, 5.74) is 1.36. The number of benzene rings is 2. The van der Waals surface area contributed by atoms with Gasteiger partial charge in [0.25, 0.3) is 0 Å². The lowest BCUT2D eigenvalue weighted by atomic mass is 10.3. The molecule has 140 valence electrons. The van der Waals surface area contributed by atoms with Crippen LogP contribution in [-0.4, -0.2) is 38.0 Å². The predicted molar refractivity (Wildman–Crippen MR) is 106 cm³/mol. The molecule has 3 rings (SSSR count). The Balaban J connectivity index is 1.75. The number of amides is 1. The molecule has 0 unspecified atom stereocenters. The van der Waals surface area contributed by atoms with Gasteiger partial charge in [0.15, 0.2) is 0 Å². The Hall–Kier alpha value is -2.58. The van der Waals surface area contributed by atoms with Gasteiger partial charge in [-0.2, -0.15) is 4.68 Å². The Morgan fingerprint density at radius 3 is 2.89 bits per heavy atom. The van der Waals surface area contributed by atoms with Crippen molar-refractivity contribution in [3.8, 4) is 11.4 Å².